The molecule has 172 valence electrons. The second kappa shape index (κ2) is 14.3. The molecular weight excluding hydrogens is 408 g/mol. The van der Waals surface area contributed by atoms with Gasteiger partial charge in [-0.2, -0.15) is 0 Å². The van der Waals surface area contributed by atoms with Crippen LogP contribution < -0.4 is 9.13 Å². The van der Waals surface area contributed by atoms with E-state index in [1.165, 1.54) is 64.2 Å². The van der Waals surface area contributed by atoms with Crippen LogP contribution in [0.15, 0.2) is 49.1 Å². The van der Waals surface area contributed by atoms with Gasteiger partial charge in [-0.25, -0.2) is 17.6 Å². The Morgan fingerprint density at radius 1 is 0.645 bits per heavy atom. The van der Waals surface area contributed by atoms with Gasteiger partial charge in [-0.3, -0.25) is 0 Å². The van der Waals surface area contributed by atoms with Crippen molar-refractivity contribution in [2.45, 2.75) is 90.6 Å². The Morgan fingerprint density at radius 3 is 1.45 bits per heavy atom. The second-order valence-corrected chi connectivity index (χ2v) is 9.97. The quantitative estimate of drug-likeness (QED) is 0.211. The maximum absolute atomic E-state index is 10.7. The Bertz CT molecular complexity index is 834. The molecule has 2 aromatic heterocycles. The van der Waals surface area contributed by atoms with E-state index in [2.05, 4.69) is 36.0 Å². The van der Waals surface area contributed by atoms with Crippen LogP contribution in [0, 0.1) is 0 Å². The minimum absolute atomic E-state index is 0.320. The maximum Gasteiger partial charge on any atom is 0.169 e. The summed E-state index contributed by atoms with van der Waals surface area (Å²) in [6.07, 6.45) is 22.0. The van der Waals surface area contributed by atoms with E-state index in [4.69, 9.17) is 0 Å². The maximum atomic E-state index is 10.7. The summed E-state index contributed by atoms with van der Waals surface area (Å²) in [4.78, 5) is 0. The van der Waals surface area contributed by atoms with Crippen LogP contribution in [0.3, 0.4) is 0 Å². The van der Waals surface area contributed by atoms with Crippen molar-refractivity contribution in [3.8, 4) is 11.1 Å². The molecule has 0 aliphatic carbocycles. The number of nitrogens with zero attached hydrogens (tertiary/aromatic N) is 2. The first-order valence-corrected chi connectivity index (χ1v) is 13.5. The number of hydrogen-bond acceptors (Lipinski definition) is 3. The smallest absolute Gasteiger partial charge is 0.169 e. The first-order valence-electron chi connectivity index (χ1n) is 11.9. The normalized spacial score (nSPS) is 11.7. The molecule has 2 heterocycles. The highest BCUT2D eigenvalue weighted by Crippen LogP contribution is 2.16. The minimum Gasteiger partial charge on any atom is -0.748 e. The van der Waals surface area contributed by atoms with Crippen molar-refractivity contribution < 1.29 is 22.1 Å². The third-order valence-electron chi connectivity index (χ3n) is 5.70. The predicted octanol–water partition coefficient (Wildman–Crippen LogP) is 4.78. The lowest BCUT2D eigenvalue weighted by molar-refractivity contribution is -0.697. The summed E-state index contributed by atoms with van der Waals surface area (Å²) >= 11 is 0. The standard InChI is InChI=1S/C25H39N2O3S/c1-2-3-4-5-6-7-8-9-10-11-17-26-19-13-24(14-20-26)25-15-21-27(22-16-25)18-12-23-31(28,29)30/h13-16,19-22H,2-12,17-18,23H2,1H3/q+1. The van der Waals surface area contributed by atoms with E-state index in [1.54, 1.807) is 0 Å². The average Bonchev–Trinajstić information content (AvgIpc) is 2.75. The molecule has 0 saturated carbocycles. The summed E-state index contributed by atoms with van der Waals surface area (Å²) in [7, 11) is -4.13. The van der Waals surface area contributed by atoms with Crippen molar-refractivity contribution in [1.29, 1.82) is 0 Å². The van der Waals surface area contributed by atoms with Crippen LogP contribution >= 0.6 is 0 Å². The molecule has 6 heteroatoms. The molecule has 0 spiro atoms. The van der Waals surface area contributed by atoms with Gasteiger partial charge in [0.1, 0.15) is 13.1 Å². The topological polar surface area (TPSA) is 65.0 Å². The fourth-order valence-electron chi connectivity index (χ4n) is 3.80. The first-order chi connectivity index (χ1) is 15.0. The molecule has 0 unspecified atom stereocenters. The van der Waals surface area contributed by atoms with Gasteiger partial charge in [-0.1, -0.05) is 58.3 Å². The molecule has 0 fully saturated rings. The summed E-state index contributed by atoms with van der Waals surface area (Å²) in [5, 5.41) is 0. The van der Waals surface area contributed by atoms with Crippen molar-refractivity contribution in [2.24, 2.45) is 0 Å². The Kier molecular flexibility index (Phi) is 11.8. The monoisotopic (exact) mass is 447 g/mol. The van der Waals surface area contributed by atoms with E-state index < -0.39 is 10.1 Å². The van der Waals surface area contributed by atoms with Gasteiger partial charge in [0.2, 0.25) is 0 Å². The van der Waals surface area contributed by atoms with Gasteiger partial charge in [-0.15, -0.1) is 0 Å². The van der Waals surface area contributed by atoms with E-state index in [1.807, 2.05) is 29.1 Å². The fourth-order valence-corrected chi connectivity index (χ4v) is 4.29. The molecule has 0 bridgehead atoms. The molecule has 0 amide bonds. The molecule has 0 saturated heterocycles. The number of aryl methyl sites for hydroxylation is 2. The molecule has 2 rings (SSSR count). The second-order valence-electron chi connectivity index (χ2n) is 8.45. The van der Waals surface area contributed by atoms with Crippen LogP contribution in [-0.2, 0) is 23.2 Å². The highest BCUT2D eigenvalue weighted by atomic mass is 32.2. The number of pyridine rings is 2. The lowest BCUT2D eigenvalue weighted by Gasteiger charge is -2.05. The number of aromatic nitrogens is 2. The van der Waals surface area contributed by atoms with Crippen LogP contribution in [-0.4, -0.2) is 18.7 Å². The van der Waals surface area contributed by atoms with E-state index in [-0.39, 0.29) is 5.75 Å². The van der Waals surface area contributed by atoms with Crippen LogP contribution in [0.5, 0.6) is 0 Å². The van der Waals surface area contributed by atoms with Crippen LogP contribution in [0.4, 0.5) is 0 Å². The third-order valence-corrected chi connectivity index (χ3v) is 6.48. The summed E-state index contributed by atoms with van der Waals surface area (Å²) in [6, 6.07) is 8.32. The van der Waals surface area contributed by atoms with Crippen LogP contribution in [0.2, 0.25) is 0 Å². The first kappa shape index (κ1) is 25.5. The Labute approximate surface area is 188 Å². The molecule has 31 heavy (non-hydrogen) atoms. The molecule has 0 aliphatic heterocycles. The summed E-state index contributed by atoms with van der Waals surface area (Å²) in [6.45, 7) is 3.85. The van der Waals surface area contributed by atoms with Crippen molar-refractivity contribution in [2.75, 3.05) is 5.75 Å². The summed E-state index contributed by atoms with van der Waals surface area (Å²) < 4.78 is 36.2. The number of unbranched alkanes of at least 4 members (excludes halogenated alkanes) is 9. The summed E-state index contributed by atoms with van der Waals surface area (Å²) in [5.74, 6) is -0.320. The average molecular weight is 448 g/mol. The Hall–Kier alpha value is -1.79. The molecule has 0 radical (unpaired) electrons. The Morgan fingerprint density at radius 2 is 1.03 bits per heavy atom. The van der Waals surface area contributed by atoms with Gasteiger partial charge in [-0.05, 0) is 17.5 Å². The lowest BCUT2D eigenvalue weighted by Crippen LogP contribution is -2.33. The zero-order valence-corrected chi connectivity index (χ0v) is 19.9. The van der Waals surface area contributed by atoms with Gasteiger partial charge in [0.05, 0.1) is 10.1 Å². The Balaban J connectivity index is 1.65. The zero-order valence-electron chi connectivity index (χ0n) is 19.0. The zero-order chi connectivity index (χ0) is 22.4. The fraction of sp³-hybridized carbons (Fsp3) is 0.600. The lowest BCUT2D eigenvalue weighted by atomic mass is 10.1. The molecule has 5 nitrogen and oxygen atoms in total. The SMILES string of the molecule is CCCCCCCCCCCC[n+]1ccc(-c2cc[n+](CCCS(=O)(=O)[O-])cc2)cc1. The van der Waals surface area contributed by atoms with Crippen LogP contribution in [0.1, 0.15) is 77.6 Å². The van der Waals surface area contributed by atoms with Crippen molar-refractivity contribution in [3.63, 3.8) is 0 Å². The van der Waals surface area contributed by atoms with Crippen molar-refractivity contribution in [3.05, 3.63) is 49.1 Å². The molecule has 0 N–H and O–H groups in total. The highest BCUT2D eigenvalue weighted by Gasteiger charge is 2.07. The molecule has 2 aromatic rings. The molecule has 0 aromatic carbocycles. The van der Waals surface area contributed by atoms with Crippen molar-refractivity contribution >= 4 is 10.1 Å². The van der Waals surface area contributed by atoms with Crippen molar-refractivity contribution in [1.82, 2.24) is 0 Å². The minimum atomic E-state index is -4.13. The van der Waals surface area contributed by atoms with Gasteiger partial charge < -0.3 is 4.55 Å². The van der Waals surface area contributed by atoms with E-state index in [0.29, 0.717) is 13.0 Å². The van der Waals surface area contributed by atoms with E-state index >= 15 is 0 Å². The van der Waals surface area contributed by atoms with Gasteiger partial charge in [0.25, 0.3) is 0 Å². The number of rotatable bonds is 16. The summed E-state index contributed by atoms with van der Waals surface area (Å²) in [5.41, 5.74) is 2.28. The van der Waals surface area contributed by atoms with Gasteiger partial charge >= 0.3 is 0 Å². The van der Waals surface area contributed by atoms with E-state index in [9.17, 15) is 13.0 Å². The predicted molar refractivity (Wildman–Crippen MR) is 123 cm³/mol. The third kappa shape index (κ3) is 11.4. The van der Waals surface area contributed by atoms with Gasteiger partial charge in [0.15, 0.2) is 24.8 Å². The number of hydrogen-bond donors (Lipinski definition) is 0. The molecule has 0 aliphatic rings. The van der Waals surface area contributed by atoms with Gasteiger partial charge in [0, 0.05) is 42.9 Å². The van der Waals surface area contributed by atoms with Crippen LogP contribution in [0.25, 0.3) is 11.1 Å². The molecule has 0 atom stereocenters. The van der Waals surface area contributed by atoms with E-state index in [0.717, 1.165) is 17.7 Å². The highest BCUT2D eigenvalue weighted by molar-refractivity contribution is 7.85. The largest absolute Gasteiger partial charge is 0.748 e. The molecular formula is C25H39N2O3S+.